The molecule has 0 bridgehead atoms. The van der Waals surface area contributed by atoms with E-state index in [1.54, 1.807) is 19.1 Å². The molecule has 0 saturated heterocycles. The van der Waals surface area contributed by atoms with Crippen LogP contribution < -0.4 is 0 Å². The second kappa shape index (κ2) is 9.39. The summed E-state index contributed by atoms with van der Waals surface area (Å²) in [7, 11) is 0. The second-order valence-corrected chi connectivity index (χ2v) is 5.52. The van der Waals surface area contributed by atoms with E-state index < -0.39 is 5.97 Å². The maximum absolute atomic E-state index is 12.1. The van der Waals surface area contributed by atoms with Crippen molar-refractivity contribution in [3.63, 3.8) is 0 Å². The minimum Gasteiger partial charge on any atom is -0.457 e. The maximum atomic E-state index is 12.1. The molecule has 6 nitrogen and oxygen atoms in total. The fourth-order valence-corrected chi connectivity index (χ4v) is 2.60. The Hall–Kier alpha value is -3.11. The summed E-state index contributed by atoms with van der Waals surface area (Å²) in [5.74, 6) is -0.700. The van der Waals surface area contributed by atoms with Crippen molar-refractivity contribution in [2.45, 2.75) is 33.6 Å². The molecule has 0 aliphatic heterocycles. The third-order valence-electron chi connectivity index (χ3n) is 3.95. The zero-order valence-electron chi connectivity index (χ0n) is 15.3. The van der Waals surface area contributed by atoms with Crippen molar-refractivity contribution < 1.29 is 14.3 Å². The van der Waals surface area contributed by atoms with E-state index in [-0.39, 0.29) is 12.3 Å². The highest BCUT2D eigenvalue weighted by molar-refractivity contribution is 6.42. The first-order valence-corrected chi connectivity index (χ1v) is 8.67. The fraction of sp³-hybridized carbons (Fsp3) is 0.300. The van der Waals surface area contributed by atoms with E-state index >= 15 is 0 Å². The van der Waals surface area contributed by atoms with Gasteiger partial charge in [0.25, 0.3) is 0 Å². The number of aryl methyl sites for hydroxylation is 2. The number of rotatable bonds is 7. The van der Waals surface area contributed by atoms with Crippen molar-refractivity contribution >= 4 is 23.1 Å². The van der Waals surface area contributed by atoms with Gasteiger partial charge in [-0.3, -0.25) is 0 Å². The third-order valence-corrected chi connectivity index (χ3v) is 3.95. The quantitative estimate of drug-likeness (QED) is 0.310. The van der Waals surface area contributed by atoms with Gasteiger partial charge in [0.05, 0.1) is 17.9 Å². The van der Waals surface area contributed by atoms with Gasteiger partial charge in [-0.1, -0.05) is 44.2 Å². The van der Waals surface area contributed by atoms with E-state index in [9.17, 15) is 10.3 Å². The molecular weight excluding hydrogens is 328 g/mol. The Morgan fingerprint density at radius 2 is 1.69 bits per heavy atom. The monoisotopic (exact) mass is 350 g/mol. The van der Waals surface area contributed by atoms with Crippen LogP contribution in [0, 0.1) is 0 Å². The summed E-state index contributed by atoms with van der Waals surface area (Å²) in [6.45, 7) is 5.92. The van der Waals surface area contributed by atoms with Crippen LogP contribution in [-0.2, 0) is 22.4 Å². The van der Waals surface area contributed by atoms with Gasteiger partial charge in [0, 0.05) is 0 Å². The Balaban J connectivity index is 2.55. The van der Waals surface area contributed by atoms with Crippen LogP contribution >= 0.6 is 0 Å². The molecule has 0 aliphatic rings. The lowest BCUT2D eigenvalue weighted by Crippen LogP contribution is -2.20. The Bertz CT molecular complexity index is 868. The van der Waals surface area contributed by atoms with Crippen LogP contribution in [0.5, 0.6) is 0 Å². The van der Waals surface area contributed by atoms with Crippen molar-refractivity contribution in [1.82, 2.24) is 0 Å². The molecule has 0 aromatic heterocycles. The summed E-state index contributed by atoms with van der Waals surface area (Å²) >= 11 is 0. The van der Waals surface area contributed by atoms with E-state index in [0.717, 1.165) is 23.2 Å². The smallest absolute Gasteiger partial charge is 0.422 e. The molecule has 0 aliphatic carbocycles. The van der Waals surface area contributed by atoms with Gasteiger partial charge in [-0.05, 0) is 43.0 Å². The Labute approximate surface area is 153 Å². The normalized spacial score (nSPS) is 10.6. The topological polar surface area (TPSA) is 87.4 Å². The van der Waals surface area contributed by atoms with Crippen LogP contribution in [-0.4, -0.2) is 23.1 Å². The molecule has 6 heteroatoms. The van der Waals surface area contributed by atoms with Gasteiger partial charge in [0.1, 0.15) is 5.69 Å². The van der Waals surface area contributed by atoms with Gasteiger partial charge in [-0.15, -0.1) is 5.11 Å². The molecule has 26 heavy (non-hydrogen) atoms. The maximum Gasteiger partial charge on any atom is 0.422 e. The average Bonchev–Trinajstić information content (AvgIpc) is 2.67. The van der Waals surface area contributed by atoms with Crippen molar-refractivity contribution in [1.29, 1.82) is 0 Å². The van der Waals surface area contributed by atoms with E-state index in [1.807, 2.05) is 37.3 Å². The Morgan fingerprint density at radius 1 is 1.00 bits per heavy atom. The molecule has 0 spiro atoms. The first-order valence-electron chi connectivity index (χ1n) is 8.67. The molecule has 0 atom stereocenters. The van der Waals surface area contributed by atoms with Gasteiger partial charge in [-0.25, -0.2) is 4.79 Å². The molecule has 2 aromatic rings. The average molecular weight is 350 g/mol. The predicted molar refractivity (Wildman–Crippen MR) is 100 cm³/mol. The molecule has 2 aromatic carbocycles. The van der Waals surface area contributed by atoms with Crippen molar-refractivity contribution in [2.24, 2.45) is 10.2 Å². The summed E-state index contributed by atoms with van der Waals surface area (Å²) in [4.78, 5) is 15.3. The number of benzene rings is 2. The summed E-state index contributed by atoms with van der Waals surface area (Å²) in [5, 5.41) is 8.77. The van der Waals surface area contributed by atoms with Gasteiger partial charge in [-0.2, -0.15) is 9.90 Å². The lowest BCUT2D eigenvalue weighted by Gasteiger charge is -2.07. The molecule has 0 heterocycles. The summed E-state index contributed by atoms with van der Waals surface area (Å²) < 4.78 is 4.98. The molecule has 2 rings (SSSR count). The lowest BCUT2D eigenvalue weighted by molar-refractivity contribution is -0.139. The van der Waals surface area contributed by atoms with Crippen LogP contribution in [0.4, 0.5) is 11.4 Å². The van der Waals surface area contributed by atoms with Gasteiger partial charge < -0.3 is 10.3 Å². The molecule has 134 valence electrons. The number of esters is 1. The minimum absolute atomic E-state index is 0.181. The Morgan fingerprint density at radius 3 is 2.35 bits per heavy atom. The number of carbonyl (C=O) groups is 1. The van der Waals surface area contributed by atoms with Crippen LogP contribution in [0.3, 0.4) is 0 Å². The minimum atomic E-state index is -0.700. The van der Waals surface area contributed by atoms with E-state index in [0.29, 0.717) is 17.7 Å². The zero-order chi connectivity index (χ0) is 18.9. The Kier molecular flexibility index (Phi) is 6.94. The molecule has 0 amide bonds. The van der Waals surface area contributed by atoms with Crippen LogP contribution in [0.1, 0.15) is 37.5 Å². The lowest BCUT2D eigenvalue weighted by atomic mass is 10.0. The number of ether oxygens (including phenoxy) is 1. The molecule has 0 saturated carbocycles. The number of hydrogen-bond donors (Lipinski definition) is 0. The summed E-state index contributed by atoms with van der Waals surface area (Å²) in [5.41, 5.74) is 12.8. The van der Waals surface area contributed by atoms with Crippen molar-refractivity contribution in [2.75, 3.05) is 6.61 Å². The number of carbonyl (C=O) groups excluding carboxylic acids is 1. The number of nitrogens with zero attached hydrogens (tertiary/aromatic N) is 4. The van der Waals surface area contributed by atoms with Gasteiger partial charge in [0.15, 0.2) is 0 Å². The van der Waals surface area contributed by atoms with Crippen LogP contribution in [0.15, 0.2) is 52.7 Å². The zero-order valence-corrected chi connectivity index (χ0v) is 15.3. The predicted octanol–water partition coefficient (Wildman–Crippen LogP) is 4.81. The summed E-state index contributed by atoms with van der Waals surface area (Å²) in [6, 6.07) is 13.1. The highest BCUT2D eigenvalue weighted by atomic mass is 16.5. The first-order chi connectivity index (χ1) is 12.7. The van der Waals surface area contributed by atoms with E-state index in [1.165, 1.54) is 0 Å². The molecule has 0 radical (unpaired) electrons. The molecule has 0 N–H and O–H groups in total. The van der Waals surface area contributed by atoms with Gasteiger partial charge in [0.2, 0.25) is 0 Å². The SMILES string of the molecule is CCOC(=O)C(=[N+]=[N-])c1cccc(CC)c1N=Nc1ccccc1CC. The van der Waals surface area contributed by atoms with Crippen molar-refractivity contribution in [3.05, 3.63) is 64.7 Å². The standard InChI is InChI=1S/C20H22N4O2/c1-4-14-10-7-8-13-17(14)23-24-18-15(5-2)11-9-12-16(18)19(22-21)20(25)26-6-3/h7-13H,4-6H2,1-3H3. The first kappa shape index (κ1) is 19.2. The summed E-state index contributed by atoms with van der Waals surface area (Å²) in [6.07, 6.45) is 1.53. The van der Waals surface area contributed by atoms with E-state index in [4.69, 9.17) is 4.74 Å². The largest absolute Gasteiger partial charge is 0.457 e. The number of azo groups is 1. The van der Waals surface area contributed by atoms with Crippen LogP contribution in [0.2, 0.25) is 0 Å². The fourth-order valence-electron chi connectivity index (χ4n) is 2.60. The third kappa shape index (κ3) is 4.29. The van der Waals surface area contributed by atoms with Crippen molar-refractivity contribution in [3.8, 4) is 0 Å². The number of hydrogen-bond acceptors (Lipinski definition) is 4. The van der Waals surface area contributed by atoms with Gasteiger partial charge >= 0.3 is 11.7 Å². The van der Waals surface area contributed by atoms with Crippen LogP contribution in [0.25, 0.3) is 5.53 Å². The molecule has 0 fully saturated rings. The highest BCUT2D eigenvalue weighted by Crippen LogP contribution is 2.29. The highest BCUT2D eigenvalue weighted by Gasteiger charge is 2.28. The second-order valence-electron chi connectivity index (χ2n) is 5.52. The molecular formula is C20H22N4O2. The van der Waals surface area contributed by atoms with E-state index in [2.05, 4.69) is 21.9 Å². The molecule has 0 unspecified atom stereocenters.